The number of amides is 1. The van der Waals surface area contributed by atoms with Crippen molar-refractivity contribution in [1.29, 1.82) is 0 Å². The Balaban J connectivity index is 1.23. The number of halogens is 2. The smallest absolute Gasteiger partial charge is 0.243 e. The third-order valence-corrected chi connectivity index (χ3v) is 9.60. The number of benzene rings is 2. The van der Waals surface area contributed by atoms with Crippen LogP contribution in [-0.4, -0.2) is 67.8 Å². The van der Waals surface area contributed by atoms with Crippen molar-refractivity contribution >= 4 is 42.6 Å². The van der Waals surface area contributed by atoms with Crippen LogP contribution in [0.3, 0.4) is 0 Å². The van der Waals surface area contributed by atoms with Gasteiger partial charge in [0.05, 0.1) is 15.5 Å². The fraction of sp³-hybridized carbons (Fsp3) is 0.417. The predicted molar refractivity (Wildman–Crippen MR) is 131 cm³/mol. The van der Waals surface area contributed by atoms with Crippen LogP contribution >= 0.6 is 11.3 Å². The Kier molecular flexibility index (Phi) is 6.49. The van der Waals surface area contributed by atoms with Crippen molar-refractivity contribution in [3.63, 3.8) is 0 Å². The lowest BCUT2D eigenvalue weighted by Gasteiger charge is -2.38. The van der Waals surface area contributed by atoms with Crippen molar-refractivity contribution in [3.8, 4) is 0 Å². The summed E-state index contributed by atoms with van der Waals surface area (Å²) in [5.41, 5.74) is 1.14. The number of hydrogen-bond acceptors (Lipinski definition) is 6. The van der Waals surface area contributed by atoms with Crippen LogP contribution in [0.2, 0.25) is 0 Å². The molecule has 0 saturated carbocycles. The highest BCUT2D eigenvalue weighted by Gasteiger charge is 2.36. The van der Waals surface area contributed by atoms with E-state index in [4.69, 9.17) is 0 Å². The lowest BCUT2D eigenvalue weighted by Crippen LogP contribution is -2.53. The van der Waals surface area contributed by atoms with Gasteiger partial charge in [0.1, 0.15) is 11.3 Å². The Labute approximate surface area is 207 Å². The van der Waals surface area contributed by atoms with Crippen molar-refractivity contribution in [2.75, 3.05) is 44.2 Å². The average molecular weight is 521 g/mol. The lowest BCUT2D eigenvalue weighted by molar-refractivity contribution is -0.137. The molecule has 2 aliphatic heterocycles. The third-order valence-electron chi connectivity index (χ3n) is 6.66. The van der Waals surface area contributed by atoms with E-state index in [1.54, 1.807) is 29.2 Å². The van der Waals surface area contributed by atoms with Crippen molar-refractivity contribution in [2.24, 2.45) is 5.92 Å². The Morgan fingerprint density at radius 1 is 1.06 bits per heavy atom. The van der Waals surface area contributed by atoms with Gasteiger partial charge in [-0.15, -0.1) is 0 Å². The molecule has 35 heavy (non-hydrogen) atoms. The number of carbonyl (C=O) groups is 1. The third kappa shape index (κ3) is 4.76. The van der Waals surface area contributed by atoms with Gasteiger partial charge in [0.2, 0.25) is 15.9 Å². The van der Waals surface area contributed by atoms with E-state index < -0.39 is 21.7 Å². The average Bonchev–Trinajstić information content (AvgIpc) is 3.28. The maximum Gasteiger partial charge on any atom is 0.243 e. The van der Waals surface area contributed by atoms with E-state index >= 15 is 0 Å². The summed E-state index contributed by atoms with van der Waals surface area (Å²) in [7, 11) is -3.65. The molecule has 1 amide bonds. The van der Waals surface area contributed by atoms with Gasteiger partial charge in [-0.2, -0.15) is 4.31 Å². The molecule has 2 aliphatic rings. The van der Waals surface area contributed by atoms with Crippen LogP contribution in [-0.2, 0) is 14.8 Å². The molecule has 2 saturated heterocycles. The molecular formula is C24H26F2N4O3S2. The number of thiazole rings is 1. The molecule has 1 unspecified atom stereocenters. The highest BCUT2D eigenvalue weighted by atomic mass is 32.2. The molecule has 0 aliphatic carbocycles. The molecule has 0 spiro atoms. The number of rotatable bonds is 4. The summed E-state index contributed by atoms with van der Waals surface area (Å²) in [5.74, 6) is -1.73. The second kappa shape index (κ2) is 9.44. The first-order chi connectivity index (χ1) is 16.7. The minimum Gasteiger partial charge on any atom is -0.345 e. The van der Waals surface area contributed by atoms with Gasteiger partial charge < -0.3 is 9.80 Å². The van der Waals surface area contributed by atoms with Gasteiger partial charge in [0.15, 0.2) is 10.9 Å². The molecule has 1 aromatic heterocycles. The first-order valence-corrected chi connectivity index (χ1v) is 13.8. The van der Waals surface area contributed by atoms with Crippen LogP contribution in [0.1, 0.15) is 18.4 Å². The summed E-state index contributed by atoms with van der Waals surface area (Å²) in [4.78, 5) is 21.6. The van der Waals surface area contributed by atoms with E-state index in [9.17, 15) is 22.0 Å². The molecule has 5 rings (SSSR count). The van der Waals surface area contributed by atoms with Crippen molar-refractivity contribution in [3.05, 3.63) is 53.6 Å². The highest BCUT2D eigenvalue weighted by Crippen LogP contribution is 2.32. The Morgan fingerprint density at radius 3 is 2.49 bits per heavy atom. The van der Waals surface area contributed by atoms with Gasteiger partial charge in [-0.3, -0.25) is 4.79 Å². The first kappa shape index (κ1) is 24.1. The van der Waals surface area contributed by atoms with Crippen LogP contribution in [0, 0.1) is 24.5 Å². The molecule has 2 fully saturated rings. The molecule has 0 radical (unpaired) electrons. The minimum absolute atomic E-state index is 0.0362. The summed E-state index contributed by atoms with van der Waals surface area (Å²) in [5, 5.41) is 0.602. The van der Waals surface area contributed by atoms with Crippen molar-refractivity contribution in [2.45, 2.75) is 24.7 Å². The lowest BCUT2D eigenvalue weighted by atomic mass is 9.98. The molecular weight excluding hydrogens is 494 g/mol. The van der Waals surface area contributed by atoms with E-state index in [0.29, 0.717) is 55.4 Å². The summed E-state index contributed by atoms with van der Waals surface area (Å²) < 4.78 is 55.6. The topological polar surface area (TPSA) is 73.8 Å². The summed E-state index contributed by atoms with van der Waals surface area (Å²) in [6.07, 6.45) is 1.29. The van der Waals surface area contributed by atoms with Gasteiger partial charge in [-0.25, -0.2) is 22.2 Å². The molecule has 1 atom stereocenters. The van der Waals surface area contributed by atoms with Crippen LogP contribution < -0.4 is 4.90 Å². The first-order valence-electron chi connectivity index (χ1n) is 11.6. The standard InChI is InChI=1S/C24H26F2N4O3S2/c1-16-4-6-19(7-5-16)35(32,33)30-8-2-3-17(15-30)23(31)28-9-11-29(12-10-28)24-27-22-20(26)13-18(25)14-21(22)34-24/h4-7,13-14,17H,2-3,8-12,15H2,1H3. The minimum atomic E-state index is -3.65. The molecule has 7 nitrogen and oxygen atoms in total. The van der Waals surface area contributed by atoms with E-state index in [1.165, 1.54) is 21.7 Å². The molecule has 3 aromatic rings. The van der Waals surface area contributed by atoms with Crippen LogP contribution in [0.5, 0.6) is 0 Å². The normalized spacial score (nSPS) is 19.9. The molecule has 3 heterocycles. The van der Waals surface area contributed by atoms with E-state index in [1.807, 2.05) is 11.8 Å². The Hall–Kier alpha value is -2.63. The zero-order valence-corrected chi connectivity index (χ0v) is 20.9. The number of aromatic nitrogens is 1. The zero-order valence-electron chi connectivity index (χ0n) is 19.3. The van der Waals surface area contributed by atoms with Gasteiger partial charge in [0.25, 0.3) is 0 Å². The number of nitrogens with zero attached hydrogens (tertiary/aromatic N) is 4. The largest absolute Gasteiger partial charge is 0.345 e. The van der Waals surface area contributed by atoms with Gasteiger partial charge in [-0.1, -0.05) is 29.0 Å². The number of carbonyl (C=O) groups excluding carboxylic acids is 1. The van der Waals surface area contributed by atoms with Gasteiger partial charge >= 0.3 is 0 Å². The monoisotopic (exact) mass is 520 g/mol. The Bertz CT molecular complexity index is 1350. The van der Waals surface area contributed by atoms with Crippen LogP contribution in [0.25, 0.3) is 10.2 Å². The molecule has 0 N–H and O–H groups in total. The fourth-order valence-corrected chi connectivity index (χ4v) is 7.26. The number of piperazine rings is 1. The van der Waals surface area contributed by atoms with E-state index in [2.05, 4.69) is 4.98 Å². The summed E-state index contributed by atoms with van der Waals surface area (Å²) >= 11 is 1.23. The maximum absolute atomic E-state index is 14.0. The SMILES string of the molecule is Cc1ccc(S(=O)(=O)N2CCCC(C(=O)N3CCN(c4nc5c(F)cc(F)cc5s4)CC3)C2)cc1. The quantitative estimate of drug-likeness (QED) is 0.525. The number of piperidine rings is 1. The molecule has 186 valence electrons. The number of anilines is 1. The van der Waals surface area contributed by atoms with Gasteiger partial charge in [0, 0.05) is 45.3 Å². The van der Waals surface area contributed by atoms with Crippen molar-refractivity contribution in [1.82, 2.24) is 14.2 Å². The second-order valence-electron chi connectivity index (χ2n) is 9.06. The van der Waals surface area contributed by atoms with Crippen LogP contribution in [0.15, 0.2) is 41.3 Å². The summed E-state index contributed by atoms with van der Waals surface area (Å²) in [6.45, 7) is 4.46. The second-order valence-corrected chi connectivity index (χ2v) is 12.0. The zero-order chi connectivity index (χ0) is 24.7. The highest BCUT2D eigenvalue weighted by molar-refractivity contribution is 7.89. The molecule has 2 aromatic carbocycles. The number of fused-ring (bicyclic) bond motifs is 1. The van der Waals surface area contributed by atoms with Gasteiger partial charge in [-0.05, 0) is 38.0 Å². The Morgan fingerprint density at radius 2 is 1.77 bits per heavy atom. The maximum atomic E-state index is 14.0. The number of hydrogen-bond donors (Lipinski definition) is 0. The van der Waals surface area contributed by atoms with E-state index in [-0.39, 0.29) is 28.8 Å². The molecule has 11 heteroatoms. The van der Waals surface area contributed by atoms with Crippen LogP contribution in [0.4, 0.5) is 13.9 Å². The summed E-state index contributed by atoms with van der Waals surface area (Å²) in [6, 6.07) is 8.87. The fourth-order valence-electron chi connectivity index (χ4n) is 4.68. The molecule has 0 bridgehead atoms. The van der Waals surface area contributed by atoms with Crippen molar-refractivity contribution < 1.29 is 22.0 Å². The van der Waals surface area contributed by atoms with E-state index in [0.717, 1.165) is 11.6 Å². The number of sulfonamides is 1. The number of aryl methyl sites for hydroxylation is 1. The predicted octanol–water partition coefficient (Wildman–Crippen LogP) is 3.63.